The lowest BCUT2D eigenvalue weighted by molar-refractivity contribution is 0.0602. The van der Waals surface area contributed by atoms with E-state index < -0.39 is 5.82 Å². The van der Waals surface area contributed by atoms with E-state index in [9.17, 15) is 9.18 Å². The number of amides is 1. The zero-order valence-corrected chi connectivity index (χ0v) is 14.4. The Morgan fingerprint density at radius 3 is 2.92 bits per heavy atom. The van der Waals surface area contributed by atoms with E-state index in [0.29, 0.717) is 31.1 Å². The quantitative estimate of drug-likeness (QED) is 0.859. The second kappa shape index (κ2) is 6.59. The van der Waals surface area contributed by atoms with E-state index in [1.807, 2.05) is 21.8 Å². The summed E-state index contributed by atoms with van der Waals surface area (Å²) in [6, 6.07) is 9.12. The number of rotatable bonds is 3. The fourth-order valence-corrected chi connectivity index (χ4v) is 4.39. The Kier molecular flexibility index (Phi) is 4.29. The van der Waals surface area contributed by atoms with Crippen LogP contribution < -0.4 is 0 Å². The first-order chi connectivity index (χ1) is 12.1. The zero-order chi connectivity index (χ0) is 17.4. The van der Waals surface area contributed by atoms with Gasteiger partial charge in [0.25, 0.3) is 5.91 Å². The number of benzene rings is 1. The van der Waals surface area contributed by atoms with Crippen LogP contribution in [0.3, 0.4) is 0 Å². The minimum absolute atomic E-state index is 0.181. The highest BCUT2D eigenvalue weighted by Gasteiger charge is 2.43. The highest BCUT2D eigenvalue weighted by molar-refractivity contribution is 5.94. The van der Waals surface area contributed by atoms with Crippen LogP contribution in [0.2, 0.25) is 0 Å². The van der Waals surface area contributed by atoms with Crippen molar-refractivity contribution in [2.45, 2.75) is 31.5 Å². The maximum Gasteiger partial charge on any atom is 0.256 e. The van der Waals surface area contributed by atoms with Gasteiger partial charge < -0.3 is 4.90 Å². The fourth-order valence-electron chi connectivity index (χ4n) is 4.39. The van der Waals surface area contributed by atoms with Crippen molar-refractivity contribution in [3.63, 3.8) is 0 Å². The number of carbonyl (C=O) groups is 1. The van der Waals surface area contributed by atoms with Gasteiger partial charge in [-0.25, -0.2) is 4.39 Å². The Morgan fingerprint density at radius 2 is 2.16 bits per heavy atom. The summed E-state index contributed by atoms with van der Waals surface area (Å²) >= 11 is 0. The number of likely N-dealkylation sites (N-methyl/N-ethyl adjacent to an activating group) is 1. The molecule has 2 aromatic rings. The molecule has 0 saturated carbocycles. The maximum atomic E-state index is 13.9. The molecule has 6 heteroatoms. The number of carbonyl (C=O) groups excluding carboxylic acids is 1. The van der Waals surface area contributed by atoms with Gasteiger partial charge in [-0.2, -0.15) is 5.10 Å². The van der Waals surface area contributed by atoms with Gasteiger partial charge >= 0.3 is 0 Å². The average Bonchev–Trinajstić information content (AvgIpc) is 3.23. The van der Waals surface area contributed by atoms with E-state index in [0.717, 1.165) is 19.4 Å². The molecule has 3 atom stereocenters. The Bertz CT molecular complexity index is 748. The molecule has 2 aliphatic heterocycles. The van der Waals surface area contributed by atoms with Crippen molar-refractivity contribution in [1.29, 1.82) is 0 Å². The third-order valence-corrected chi connectivity index (χ3v) is 5.72. The minimum atomic E-state index is -0.435. The first-order valence-corrected chi connectivity index (χ1v) is 8.86. The van der Waals surface area contributed by atoms with Gasteiger partial charge in [0.15, 0.2) is 0 Å². The highest BCUT2D eigenvalue weighted by atomic mass is 19.1. The Morgan fingerprint density at radius 1 is 1.32 bits per heavy atom. The van der Waals surface area contributed by atoms with E-state index in [2.05, 4.69) is 17.0 Å². The van der Waals surface area contributed by atoms with Crippen molar-refractivity contribution in [3.05, 3.63) is 54.1 Å². The molecule has 132 valence electrons. The molecule has 1 aromatic carbocycles. The lowest BCUT2D eigenvalue weighted by Gasteiger charge is -2.37. The van der Waals surface area contributed by atoms with Crippen LogP contribution in [-0.4, -0.2) is 57.7 Å². The number of piperidine rings is 1. The normalized spacial score (nSPS) is 26.6. The number of likely N-dealkylation sites (tertiary alicyclic amines) is 2. The minimum Gasteiger partial charge on any atom is -0.338 e. The zero-order valence-electron chi connectivity index (χ0n) is 14.4. The molecule has 2 saturated heterocycles. The molecule has 0 aliphatic carbocycles. The van der Waals surface area contributed by atoms with Gasteiger partial charge in [0.05, 0.1) is 12.1 Å². The molecule has 0 spiro atoms. The predicted octanol–water partition coefficient (Wildman–Crippen LogP) is 2.26. The van der Waals surface area contributed by atoms with Gasteiger partial charge in [0, 0.05) is 37.6 Å². The molecule has 1 aromatic heterocycles. The predicted molar refractivity (Wildman–Crippen MR) is 92.6 cm³/mol. The smallest absolute Gasteiger partial charge is 0.256 e. The fraction of sp³-hybridized carbons (Fsp3) is 0.474. The van der Waals surface area contributed by atoms with E-state index in [1.54, 1.807) is 24.4 Å². The van der Waals surface area contributed by atoms with E-state index in [-0.39, 0.29) is 11.5 Å². The summed E-state index contributed by atoms with van der Waals surface area (Å²) in [5.41, 5.74) is 0.181. The van der Waals surface area contributed by atoms with Crippen molar-refractivity contribution in [2.24, 2.45) is 5.92 Å². The number of aromatic nitrogens is 2. The van der Waals surface area contributed by atoms with Gasteiger partial charge in [0.2, 0.25) is 0 Å². The van der Waals surface area contributed by atoms with Crippen molar-refractivity contribution >= 4 is 5.91 Å². The molecule has 1 amide bonds. The van der Waals surface area contributed by atoms with E-state index >= 15 is 0 Å². The molecule has 0 bridgehead atoms. The highest BCUT2D eigenvalue weighted by Crippen LogP contribution is 2.35. The van der Waals surface area contributed by atoms with Crippen LogP contribution in [0.15, 0.2) is 42.7 Å². The van der Waals surface area contributed by atoms with Crippen molar-refractivity contribution < 1.29 is 9.18 Å². The lowest BCUT2D eigenvalue weighted by atomic mass is 9.91. The molecule has 2 aliphatic rings. The molecule has 5 nitrogen and oxygen atoms in total. The van der Waals surface area contributed by atoms with Crippen LogP contribution in [0.4, 0.5) is 4.39 Å². The number of hydrogen-bond donors (Lipinski definition) is 0. The topological polar surface area (TPSA) is 41.4 Å². The van der Waals surface area contributed by atoms with Gasteiger partial charge in [-0.15, -0.1) is 0 Å². The summed E-state index contributed by atoms with van der Waals surface area (Å²) in [7, 11) is 2.17. The number of hydrogen-bond acceptors (Lipinski definition) is 3. The largest absolute Gasteiger partial charge is 0.338 e. The molecule has 0 radical (unpaired) electrons. The van der Waals surface area contributed by atoms with Crippen LogP contribution in [0, 0.1) is 11.7 Å². The van der Waals surface area contributed by atoms with Crippen molar-refractivity contribution in [2.75, 3.05) is 20.1 Å². The van der Waals surface area contributed by atoms with Crippen LogP contribution in [0.25, 0.3) is 0 Å². The first-order valence-electron chi connectivity index (χ1n) is 8.86. The summed E-state index contributed by atoms with van der Waals surface area (Å²) < 4.78 is 15.9. The van der Waals surface area contributed by atoms with Gasteiger partial charge in [-0.1, -0.05) is 12.1 Å². The first kappa shape index (κ1) is 16.3. The van der Waals surface area contributed by atoms with Gasteiger partial charge in [-0.05, 0) is 44.0 Å². The van der Waals surface area contributed by atoms with E-state index in [1.165, 1.54) is 6.07 Å². The molecular weight excluding hydrogens is 319 g/mol. The Labute approximate surface area is 147 Å². The summed E-state index contributed by atoms with van der Waals surface area (Å²) in [5.74, 6) is -0.181. The monoisotopic (exact) mass is 342 g/mol. The average molecular weight is 342 g/mol. The Hall–Kier alpha value is -2.21. The summed E-state index contributed by atoms with van der Waals surface area (Å²) in [4.78, 5) is 17.0. The summed E-state index contributed by atoms with van der Waals surface area (Å²) in [6.07, 6.45) is 5.78. The molecule has 25 heavy (non-hydrogen) atoms. The third kappa shape index (κ3) is 3.06. The van der Waals surface area contributed by atoms with Crippen molar-refractivity contribution in [3.8, 4) is 0 Å². The summed E-state index contributed by atoms with van der Waals surface area (Å²) in [6.45, 7) is 2.27. The Balaban J connectivity index is 1.44. The molecule has 3 heterocycles. The van der Waals surface area contributed by atoms with E-state index in [4.69, 9.17) is 0 Å². The lowest BCUT2D eigenvalue weighted by Crippen LogP contribution is -2.48. The summed E-state index contributed by atoms with van der Waals surface area (Å²) in [5, 5.41) is 4.31. The van der Waals surface area contributed by atoms with Crippen LogP contribution in [-0.2, 0) is 6.54 Å². The maximum absolute atomic E-state index is 13.9. The number of halogens is 1. The SMILES string of the molecule is CN1[C@@H](Cn2cccn2)C[C@H]2CN(C(=O)c3ccccc3F)CC[C@H]21. The number of nitrogens with zero attached hydrogens (tertiary/aromatic N) is 4. The molecule has 4 rings (SSSR count). The third-order valence-electron chi connectivity index (χ3n) is 5.72. The van der Waals surface area contributed by atoms with Crippen LogP contribution in [0.5, 0.6) is 0 Å². The van der Waals surface area contributed by atoms with Crippen LogP contribution in [0.1, 0.15) is 23.2 Å². The van der Waals surface area contributed by atoms with Crippen LogP contribution >= 0.6 is 0 Å². The molecule has 0 unspecified atom stereocenters. The second-order valence-electron chi connectivity index (χ2n) is 7.13. The standard InChI is InChI=1S/C19H23FN4O/c1-22-15(13-24-9-4-8-21-24)11-14-12-23(10-7-18(14)22)19(25)16-5-2-3-6-17(16)20/h2-6,8-9,14-15,18H,7,10-13H2,1H3/t14-,15+,18+/m0/s1. The number of fused-ring (bicyclic) bond motifs is 1. The van der Waals surface area contributed by atoms with Gasteiger partial charge in [0.1, 0.15) is 5.82 Å². The van der Waals surface area contributed by atoms with Gasteiger partial charge in [-0.3, -0.25) is 14.4 Å². The molecular formula is C19H23FN4O. The van der Waals surface area contributed by atoms with Crippen molar-refractivity contribution in [1.82, 2.24) is 19.6 Å². The molecule has 2 fully saturated rings. The second-order valence-corrected chi connectivity index (χ2v) is 7.13. The molecule has 0 N–H and O–H groups in total.